The van der Waals surface area contributed by atoms with Crippen LogP contribution < -0.4 is 10.6 Å². The molecule has 0 radical (unpaired) electrons. The number of hydrogen-bond donors (Lipinski definition) is 0. The van der Waals surface area contributed by atoms with Crippen LogP contribution in [0.3, 0.4) is 0 Å². The molecular weight excluding hydrogens is 277 g/mol. The van der Waals surface area contributed by atoms with Crippen molar-refractivity contribution in [2.24, 2.45) is 0 Å². The predicted octanol–water partition coefficient (Wildman–Crippen LogP) is 3.79. The van der Waals surface area contributed by atoms with Crippen molar-refractivity contribution in [1.29, 1.82) is 0 Å². The van der Waals surface area contributed by atoms with Crippen LogP contribution in [0.2, 0.25) is 0 Å². The third kappa shape index (κ3) is 2.59. The molecule has 2 aromatic rings. The zero-order valence-corrected chi connectivity index (χ0v) is 13.4. The van der Waals surface area contributed by atoms with Gasteiger partial charge in [-0.05, 0) is 43.5 Å². The standard InChI is InChI=1S/C18H22NOP/c1-2-16-10-9-15-19(16)21(20,17-11-5-3-6-12-17)18-13-7-4-8-14-18/h3-8,11-14,16H,2,9-10,15H2,1H3/t16-/m0/s1. The van der Waals surface area contributed by atoms with Gasteiger partial charge in [0, 0.05) is 23.2 Å². The quantitative estimate of drug-likeness (QED) is 0.801. The van der Waals surface area contributed by atoms with Gasteiger partial charge in [-0.25, -0.2) is 4.67 Å². The van der Waals surface area contributed by atoms with Gasteiger partial charge in [-0.2, -0.15) is 0 Å². The molecule has 0 aliphatic carbocycles. The van der Waals surface area contributed by atoms with Gasteiger partial charge in [0.05, 0.1) is 0 Å². The molecule has 110 valence electrons. The summed E-state index contributed by atoms with van der Waals surface area (Å²) in [6.45, 7) is 3.13. The van der Waals surface area contributed by atoms with Gasteiger partial charge in [0.1, 0.15) is 0 Å². The highest BCUT2D eigenvalue weighted by atomic mass is 31.2. The first-order valence-corrected chi connectivity index (χ1v) is 9.41. The third-order valence-corrected chi connectivity index (χ3v) is 7.64. The van der Waals surface area contributed by atoms with Crippen LogP contribution >= 0.6 is 7.29 Å². The van der Waals surface area contributed by atoms with E-state index in [2.05, 4.69) is 11.6 Å². The van der Waals surface area contributed by atoms with Gasteiger partial charge in [0.15, 0.2) is 0 Å². The smallest absolute Gasteiger partial charge is 0.207 e. The van der Waals surface area contributed by atoms with Crippen molar-refractivity contribution in [3.05, 3.63) is 60.7 Å². The Hall–Kier alpha value is -1.37. The second-order valence-electron chi connectivity index (χ2n) is 5.61. The van der Waals surface area contributed by atoms with Crippen LogP contribution in [0.5, 0.6) is 0 Å². The molecule has 1 atom stereocenters. The van der Waals surface area contributed by atoms with Gasteiger partial charge in [-0.1, -0.05) is 43.3 Å². The van der Waals surface area contributed by atoms with Gasteiger partial charge >= 0.3 is 0 Å². The molecule has 0 aromatic heterocycles. The van der Waals surface area contributed by atoms with E-state index in [1.165, 1.54) is 0 Å². The van der Waals surface area contributed by atoms with E-state index >= 15 is 0 Å². The summed E-state index contributed by atoms with van der Waals surface area (Å²) in [4.78, 5) is 0. The van der Waals surface area contributed by atoms with Crippen LogP contribution in [-0.4, -0.2) is 17.3 Å². The second kappa shape index (κ2) is 6.17. The summed E-state index contributed by atoms with van der Waals surface area (Å²) in [6, 6.07) is 20.4. The van der Waals surface area contributed by atoms with Gasteiger partial charge in [-0.3, -0.25) is 4.57 Å². The Labute approximate surface area is 127 Å². The van der Waals surface area contributed by atoms with E-state index in [0.717, 1.165) is 36.4 Å². The average molecular weight is 299 g/mol. The Morgan fingerprint density at radius 3 is 2.00 bits per heavy atom. The van der Waals surface area contributed by atoms with Crippen molar-refractivity contribution < 1.29 is 4.57 Å². The first-order chi connectivity index (χ1) is 10.3. The molecule has 3 rings (SSSR count). The predicted molar refractivity (Wildman–Crippen MR) is 89.8 cm³/mol. The van der Waals surface area contributed by atoms with Crippen LogP contribution in [0.4, 0.5) is 0 Å². The normalized spacial score (nSPS) is 19.8. The van der Waals surface area contributed by atoms with Crippen molar-refractivity contribution in [2.45, 2.75) is 32.2 Å². The molecule has 0 unspecified atom stereocenters. The van der Waals surface area contributed by atoms with Gasteiger partial charge < -0.3 is 0 Å². The molecule has 3 heteroatoms. The molecule has 21 heavy (non-hydrogen) atoms. The van der Waals surface area contributed by atoms with Crippen LogP contribution in [0.1, 0.15) is 26.2 Å². The first-order valence-electron chi connectivity index (χ1n) is 7.75. The van der Waals surface area contributed by atoms with Crippen LogP contribution in [0.25, 0.3) is 0 Å². The number of nitrogens with zero attached hydrogens (tertiary/aromatic N) is 1. The monoisotopic (exact) mass is 299 g/mol. The SMILES string of the molecule is CC[C@H]1CCCN1P(=O)(c1ccccc1)c1ccccc1. The number of benzene rings is 2. The van der Waals surface area contributed by atoms with Gasteiger partial charge in [0.2, 0.25) is 7.29 Å². The van der Waals surface area contributed by atoms with E-state index in [-0.39, 0.29) is 0 Å². The molecule has 0 spiro atoms. The van der Waals surface area contributed by atoms with E-state index in [4.69, 9.17) is 0 Å². The highest BCUT2D eigenvalue weighted by Gasteiger charge is 2.40. The lowest BCUT2D eigenvalue weighted by Crippen LogP contribution is -2.35. The summed E-state index contributed by atoms with van der Waals surface area (Å²) in [7, 11) is -2.71. The second-order valence-corrected chi connectivity index (χ2v) is 8.31. The lowest BCUT2D eigenvalue weighted by atomic mass is 10.2. The van der Waals surface area contributed by atoms with Crippen LogP contribution in [0, 0.1) is 0 Å². The molecule has 2 nitrogen and oxygen atoms in total. The maximum absolute atomic E-state index is 14.1. The Balaban J connectivity index is 2.14. The molecule has 0 bridgehead atoms. The van der Waals surface area contributed by atoms with Crippen molar-refractivity contribution in [3.8, 4) is 0 Å². The van der Waals surface area contributed by atoms with Crippen molar-refractivity contribution in [3.63, 3.8) is 0 Å². The maximum atomic E-state index is 14.1. The molecule has 2 aromatic carbocycles. The van der Waals surface area contributed by atoms with E-state index in [0.29, 0.717) is 6.04 Å². The highest BCUT2D eigenvalue weighted by Crippen LogP contribution is 2.51. The summed E-state index contributed by atoms with van der Waals surface area (Å²) in [6.07, 6.45) is 3.35. The molecule has 1 aliphatic heterocycles. The first kappa shape index (κ1) is 14.6. The minimum absolute atomic E-state index is 0.427. The minimum atomic E-state index is -2.71. The Bertz CT molecular complexity index is 583. The maximum Gasteiger partial charge on any atom is 0.207 e. The zero-order chi connectivity index (χ0) is 14.7. The summed E-state index contributed by atoms with van der Waals surface area (Å²) in [5.41, 5.74) is 0. The van der Waals surface area contributed by atoms with E-state index in [1.807, 2.05) is 60.7 Å². The lowest BCUT2D eigenvalue weighted by Gasteiger charge is -2.33. The molecule has 0 N–H and O–H groups in total. The van der Waals surface area contributed by atoms with Gasteiger partial charge in [0.25, 0.3) is 0 Å². The van der Waals surface area contributed by atoms with Crippen molar-refractivity contribution >= 4 is 17.9 Å². The van der Waals surface area contributed by atoms with Crippen LogP contribution in [-0.2, 0) is 4.57 Å². The fourth-order valence-electron chi connectivity index (χ4n) is 3.31. The molecule has 1 saturated heterocycles. The average Bonchev–Trinajstić information content (AvgIpc) is 3.05. The topological polar surface area (TPSA) is 20.3 Å². The summed E-state index contributed by atoms with van der Waals surface area (Å²) in [5.74, 6) is 0. The molecule has 1 aliphatic rings. The van der Waals surface area contributed by atoms with Gasteiger partial charge in [-0.15, -0.1) is 0 Å². The lowest BCUT2D eigenvalue weighted by molar-refractivity contribution is 0.388. The Kier molecular flexibility index (Phi) is 4.28. The molecule has 1 heterocycles. The Morgan fingerprint density at radius 2 is 1.52 bits per heavy atom. The van der Waals surface area contributed by atoms with Crippen molar-refractivity contribution in [1.82, 2.24) is 4.67 Å². The Morgan fingerprint density at radius 1 is 1.00 bits per heavy atom. The van der Waals surface area contributed by atoms with E-state index in [9.17, 15) is 4.57 Å². The van der Waals surface area contributed by atoms with E-state index in [1.54, 1.807) is 0 Å². The van der Waals surface area contributed by atoms with Crippen molar-refractivity contribution in [2.75, 3.05) is 6.54 Å². The fraction of sp³-hybridized carbons (Fsp3) is 0.333. The number of hydrogen-bond acceptors (Lipinski definition) is 1. The summed E-state index contributed by atoms with van der Waals surface area (Å²) >= 11 is 0. The number of rotatable bonds is 4. The van der Waals surface area contributed by atoms with E-state index < -0.39 is 7.29 Å². The third-order valence-electron chi connectivity index (χ3n) is 4.39. The highest BCUT2D eigenvalue weighted by molar-refractivity contribution is 7.76. The molecule has 0 amide bonds. The fourth-order valence-corrected chi connectivity index (χ4v) is 6.52. The largest absolute Gasteiger partial charge is 0.296 e. The zero-order valence-electron chi connectivity index (χ0n) is 12.5. The molecule has 0 saturated carbocycles. The minimum Gasteiger partial charge on any atom is -0.296 e. The summed E-state index contributed by atoms with van der Waals surface area (Å²) in [5, 5.41) is 1.91. The molecular formula is C18H22NOP. The van der Waals surface area contributed by atoms with Crippen LogP contribution in [0.15, 0.2) is 60.7 Å². The summed E-state index contributed by atoms with van der Waals surface area (Å²) < 4.78 is 16.4. The molecule has 1 fully saturated rings.